The highest BCUT2D eigenvalue weighted by molar-refractivity contribution is 7.98. The number of nitrogens with one attached hydrogen (secondary N) is 1. The van der Waals surface area contributed by atoms with E-state index in [9.17, 15) is 0 Å². The van der Waals surface area contributed by atoms with E-state index in [-0.39, 0.29) is 0 Å². The lowest BCUT2D eigenvalue weighted by atomic mass is 10.3. The topological polar surface area (TPSA) is 38.0 Å². The second-order valence-corrected chi connectivity index (χ2v) is 4.97. The molecule has 0 saturated heterocycles. The predicted octanol–water partition coefficient (Wildman–Crippen LogP) is 1.37. The van der Waals surface area contributed by atoms with E-state index >= 15 is 0 Å². The first kappa shape index (κ1) is 10.3. The minimum atomic E-state index is 0.314. The summed E-state index contributed by atoms with van der Waals surface area (Å²) in [5.74, 6) is 0. The van der Waals surface area contributed by atoms with E-state index in [1.165, 1.54) is 0 Å². The molecule has 0 atom stereocenters. The molecule has 62 valence electrons. The summed E-state index contributed by atoms with van der Waals surface area (Å²) in [5.41, 5.74) is 5.33. The van der Waals surface area contributed by atoms with Gasteiger partial charge in [0.15, 0.2) is 0 Å². The molecular formula is C7H18N2S. The highest BCUT2D eigenvalue weighted by atomic mass is 32.2. The van der Waals surface area contributed by atoms with Gasteiger partial charge in [0, 0.05) is 11.3 Å². The number of rotatable bonds is 4. The zero-order valence-electron chi connectivity index (χ0n) is 7.11. The molecule has 0 aliphatic rings. The van der Waals surface area contributed by atoms with Crippen LogP contribution < -0.4 is 10.5 Å². The smallest absolute Gasteiger partial charge is 0.0220 e. The molecule has 0 amide bonds. The van der Waals surface area contributed by atoms with Gasteiger partial charge in [-0.3, -0.25) is 4.72 Å². The fourth-order valence-electron chi connectivity index (χ4n) is 0.442. The van der Waals surface area contributed by atoms with E-state index in [4.69, 9.17) is 5.73 Å². The van der Waals surface area contributed by atoms with Crippen LogP contribution in [0.1, 0.15) is 27.2 Å². The Balaban J connectivity index is 3.04. The van der Waals surface area contributed by atoms with Crippen molar-refractivity contribution in [1.82, 2.24) is 4.72 Å². The van der Waals surface area contributed by atoms with Gasteiger partial charge in [-0.1, -0.05) is 11.9 Å². The van der Waals surface area contributed by atoms with E-state index in [0.717, 1.165) is 19.5 Å². The van der Waals surface area contributed by atoms with Crippen LogP contribution in [0.15, 0.2) is 0 Å². The van der Waals surface area contributed by atoms with Crippen LogP contribution in [0.3, 0.4) is 0 Å². The molecule has 3 N–H and O–H groups in total. The Bertz CT molecular complexity index is 78.2. The summed E-state index contributed by atoms with van der Waals surface area (Å²) in [6.45, 7) is 8.35. The van der Waals surface area contributed by atoms with Crippen LogP contribution in [0.5, 0.6) is 0 Å². The Morgan fingerprint density at radius 3 is 2.40 bits per heavy atom. The lowest BCUT2D eigenvalue weighted by molar-refractivity contribution is 0.766. The molecule has 0 heterocycles. The van der Waals surface area contributed by atoms with Crippen molar-refractivity contribution in [2.24, 2.45) is 5.73 Å². The van der Waals surface area contributed by atoms with Gasteiger partial charge in [0.05, 0.1) is 0 Å². The molecule has 0 unspecified atom stereocenters. The van der Waals surface area contributed by atoms with Gasteiger partial charge in [-0.2, -0.15) is 0 Å². The zero-order valence-corrected chi connectivity index (χ0v) is 7.92. The van der Waals surface area contributed by atoms with Crippen molar-refractivity contribution in [3.05, 3.63) is 0 Å². The monoisotopic (exact) mass is 162 g/mol. The van der Waals surface area contributed by atoms with Crippen molar-refractivity contribution in [2.45, 2.75) is 31.9 Å². The van der Waals surface area contributed by atoms with Gasteiger partial charge in [0.2, 0.25) is 0 Å². The van der Waals surface area contributed by atoms with Crippen LogP contribution in [0.25, 0.3) is 0 Å². The maximum Gasteiger partial charge on any atom is 0.0220 e. The molecule has 0 saturated carbocycles. The van der Waals surface area contributed by atoms with Gasteiger partial charge >= 0.3 is 0 Å². The van der Waals surface area contributed by atoms with Crippen molar-refractivity contribution in [3.8, 4) is 0 Å². The Kier molecular flexibility index (Phi) is 5.13. The average Bonchev–Trinajstić information content (AvgIpc) is 1.78. The molecule has 0 aromatic rings. The van der Waals surface area contributed by atoms with Crippen molar-refractivity contribution < 1.29 is 0 Å². The Hall–Kier alpha value is 0.270. The summed E-state index contributed by atoms with van der Waals surface area (Å²) in [5, 5.41) is 0. The van der Waals surface area contributed by atoms with Gasteiger partial charge in [0.1, 0.15) is 0 Å². The summed E-state index contributed by atoms with van der Waals surface area (Å²) >= 11 is 1.77. The number of hydrogen-bond donors (Lipinski definition) is 2. The van der Waals surface area contributed by atoms with Gasteiger partial charge in [-0.15, -0.1) is 0 Å². The van der Waals surface area contributed by atoms with Crippen LogP contribution in [0.4, 0.5) is 0 Å². The van der Waals surface area contributed by atoms with Gasteiger partial charge in [0.25, 0.3) is 0 Å². The zero-order chi connectivity index (χ0) is 8.04. The van der Waals surface area contributed by atoms with Crippen LogP contribution in [-0.4, -0.2) is 17.8 Å². The summed E-state index contributed by atoms with van der Waals surface area (Å²) in [7, 11) is 0. The third-order valence-electron chi connectivity index (χ3n) is 0.861. The second kappa shape index (κ2) is 4.99. The van der Waals surface area contributed by atoms with E-state index < -0.39 is 0 Å². The van der Waals surface area contributed by atoms with Gasteiger partial charge < -0.3 is 5.73 Å². The van der Waals surface area contributed by atoms with E-state index in [1.807, 2.05) is 0 Å². The van der Waals surface area contributed by atoms with Crippen LogP contribution in [0.2, 0.25) is 0 Å². The SMILES string of the molecule is CC(C)(C)SNCCCN. The first-order chi connectivity index (χ1) is 4.56. The molecule has 10 heavy (non-hydrogen) atoms. The largest absolute Gasteiger partial charge is 0.330 e. The molecule has 0 aromatic carbocycles. The van der Waals surface area contributed by atoms with Crippen molar-refractivity contribution in [3.63, 3.8) is 0 Å². The first-order valence-corrected chi connectivity index (χ1v) is 4.49. The molecule has 0 radical (unpaired) electrons. The molecule has 0 spiro atoms. The Morgan fingerprint density at radius 2 is 2.00 bits per heavy atom. The fourth-order valence-corrected chi connectivity index (χ4v) is 1.12. The van der Waals surface area contributed by atoms with Crippen molar-refractivity contribution in [2.75, 3.05) is 13.1 Å². The number of nitrogens with two attached hydrogens (primary N) is 1. The van der Waals surface area contributed by atoms with Crippen molar-refractivity contribution in [1.29, 1.82) is 0 Å². The second-order valence-electron chi connectivity index (χ2n) is 3.25. The first-order valence-electron chi connectivity index (χ1n) is 3.67. The summed E-state index contributed by atoms with van der Waals surface area (Å²) < 4.78 is 3.58. The lowest BCUT2D eigenvalue weighted by Crippen LogP contribution is -2.19. The molecule has 0 rings (SSSR count). The van der Waals surface area contributed by atoms with Crippen molar-refractivity contribution >= 4 is 11.9 Å². The molecule has 0 aliphatic heterocycles. The average molecular weight is 162 g/mol. The van der Waals surface area contributed by atoms with Gasteiger partial charge in [-0.25, -0.2) is 0 Å². The summed E-state index contributed by atoms with van der Waals surface area (Å²) in [6, 6.07) is 0. The molecular weight excluding hydrogens is 144 g/mol. The highest BCUT2D eigenvalue weighted by Crippen LogP contribution is 2.18. The van der Waals surface area contributed by atoms with E-state index in [2.05, 4.69) is 25.5 Å². The summed E-state index contributed by atoms with van der Waals surface area (Å²) in [6.07, 6.45) is 1.06. The summed E-state index contributed by atoms with van der Waals surface area (Å²) in [4.78, 5) is 0. The van der Waals surface area contributed by atoms with Crippen LogP contribution in [0, 0.1) is 0 Å². The fraction of sp³-hybridized carbons (Fsp3) is 1.00. The molecule has 0 aromatic heterocycles. The standard InChI is InChI=1S/C7H18N2S/c1-7(2,3)10-9-6-4-5-8/h9H,4-6,8H2,1-3H3. The minimum absolute atomic E-state index is 0.314. The Labute approximate surface area is 68.1 Å². The molecule has 0 bridgehead atoms. The van der Waals surface area contributed by atoms with Crippen LogP contribution in [-0.2, 0) is 0 Å². The third-order valence-corrected chi connectivity index (χ3v) is 1.82. The normalized spacial score (nSPS) is 12.0. The maximum atomic E-state index is 5.33. The third kappa shape index (κ3) is 8.27. The predicted molar refractivity (Wildman–Crippen MR) is 49.0 cm³/mol. The Morgan fingerprint density at radius 1 is 1.40 bits per heavy atom. The quantitative estimate of drug-likeness (QED) is 0.484. The highest BCUT2D eigenvalue weighted by Gasteiger charge is 2.08. The minimum Gasteiger partial charge on any atom is -0.330 e. The molecule has 0 fully saturated rings. The van der Waals surface area contributed by atoms with E-state index in [0.29, 0.717) is 4.75 Å². The van der Waals surface area contributed by atoms with Gasteiger partial charge in [-0.05, 0) is 33.7 Å². The molecule has 0 aliphatic carbocycles. The maximum absolute atomic E-state index is 5.33. The number of hydrogen-bond acceptors (Lipinski definition) is 3. The lowest BCUT2D eigenvalue weighted by Gasteiger charge is -2.17. The van der Waals surface area contributed by atoms with E-state index in [1.54, 1.807) is 11.9 Å². The van der Waals surface area contributed by atoms with Crippen LogP contribution >= 0.6 is 11.9 Å². The molecule has 3 heteroatoms. The molecule has 2 nitrogen and oxygen atoms in total.